The molecule has 1 fully saturated rings. The standard InChI is InChI=1S/C11H13ClN6O/c12-8-7-9(15-5-14-7)17-11(16-8)18-10(19)6-1-3-13-4-2-6/h5-6,13H,1-4H2,(H2,14,15,16,17,18,19). The van der Waals surface area contributed by atoms with Crippen LogP contribution in [0.3, 0.4) is 0 Å². The Hall–Kier alpha value is -1.73. The number of carbonyl (C=O) groups is 1. The van der Waals surface area contributed by atoms with Crippen molar-refractivity contribution in [1.29, 1.82) is 0 Å². The Labute approximate surface area is 114 Å². The van der Waals surface area contributed by atoms with E-state index < -0.39 is 0 Å². The molecule has 0 aliphatic carbocycles. The number of hydrogen-bond donors (Lipinski definition) is 3. The lowest BCUT2D eigenvalue weighted by molar-refractivity contribution is -0.120. The number of rotatable bonds is 2. The number of nitrogens with zero attached hydrogens (tertiary/aromatic N) is 3. The molecule has 0 atom stereocenters. The molecule has 3 N–H and O–H groups in total. The lowest BCUT2D eigenvalue weighted by Crippen LogP contribution is -2.34. The van der Waals surface area contributed by atoms with Crippen LogP contribution in [0.4, 0.5) is 5.95 Å². The molecule has 1 saturated heterocycles. The fraction of sp³-hybridized carbons (Fsp3) is 0.455. The molecule has 2 aromatic rings. The van der Waals surface area contributed by atoms with Crippen LogP contribution in [0.2, 0.25) is 5.15 Å². The van der Waals surface area contributed by atoms with E-state index in [-0.39, 0.29) is 22.9 Å². The molecule has 3 heterocycles. The van der Waals surface area contributed by atoms with E-state index in [1.165, 1.54) is 6.33 Å². The van der Waals surface area contributed by atoms with E-state index in [0.717, 1.165) is 25.9 Å². The molecule has 0 spiro atoms. The highest BCUT2D eigenvalue weighted by molar-refractivity contribution is 6.33. The van der Waals surface area contributed by atoms with Gasteiger partial charge < -0.3 is 10.3 Å². The van der Waals surface area contributed by atoms with E-state index in [1.54, 1.807) is 0 Å². The van der Waals surface area contributed by atoms with Gasteiger partial charge in [0.2, 0.25) is 11.9 Å². The number of aromatic amines is 1. The van der Waals surface area contributed by atoms with Crippen molar-refractivity contribution in [2.45, 2.75) is 12.8 Å². The molecule has 2 aromatic heterocycles. The Balaban J connectivity index is 1.78. The first kappa shape index (κ1) is 12.3. The third kappa shape index (κ3) is 2.52. The first-order chi connectivity index (χ1) is 9.24. The number of H-pyrrole nitrogens is 1. The van der Waals surface area contributed by atoms with E-state index in [1.807, 2.05) is 0 Å². The van der Waals surface area contributed by atoms with Gasteiger partial charge in [-0.2, -0.15) is 9.97 Å². The molecule has 7 nitrogen and oxygen atoms in total. The van der Waals surface area contributed by atoms with E-state index in [9.17, 15) is 4.79 Å². The number of nitrogens with one attached hydrogen (secondary N) is 3. The lowest BCUT2D eigenvalue weighted by Gasteiger charge is -2.21. The summed E-state index contributed by atoms with van der Waals surface area (Å²) in [5.74, 6) is 0.138. The summed E-state index contributed by atoms with van der Waals surface area (Å²) >= 11 is 5.99. The summed E-state index contributed by atoms with van der Waals surface area (Å²) in [6.07, 6.45) is 3.14. The number of fused-ring (bicyclic) bond motifs is 1. The molecule has 0 unspecified atom stereocenters. The Bertz CT molecular complexity index is 606. The topological polar surface area (TPSA) is 95.6 Å². The minimum absolute atomic E-state index is 0.00138. The Morgan fingerprint density at radius 1 is 1.37 bits per heavy atom. The zero-order valence-corrected chi connectivity index (χ0v) is 10.9. The molecule has 19 heavy (non-hydrogen) atoms. The molecule has 0 bridgehead atoms. The van der Waals surface area contributed by atoms with Crippen LogP contribution in [0.15, 0.2) is 6.33 Å². The van der Waals surface area contributed by atoms with Gasteiger partial charge >= 0.3 is 0 Å². The number of anilines is 1. The van der Waals surface area contributed by atoms with Crippen molar-refractivity contribution < 1.29 is 4.79 Å². The Morgan fingerprint density at radius 3 is 2.95 bits per heavy atom. The molecule has 1 aliphatic rings. The van der Waals surface area contributed by atoms with Crippen LogP contribution in [-0.4, -0.2) is 38.9 Å². The van der Waals surface area contributed by atoms with Crippen molar-refractivity contribution in [3.8, 4) is 0 Å². The highest BCUT2D eigenvalue weighted by Crippen LogP contribution is 2.19. The van der Waals surface area contributed by atoms with Gasteiger partial charge in [-0.15, -0.1) is 0 Å². The number of hydrogen-bond acceptors (Lipinski definition) is 5. The minimum atomic E-state index is -0.0625. The van der Waals surface area contributed by atoms with Gasteiger partial charge in [-0.3, -0.25) is 10.1 Å². The van der Waals surface area contributed by atoms with Crippen molar-refractivity contribution >= 4 is 34.6 Å². The Morgan fingerprint density at radius 2 is 2.16 bits per heavy atom. The van der Waals surface area contributed by atoms with Crippen LogP contribution in [0.1, 0.15) is 12.8 Å². The number of carbonyl (C=O) groups excluding carboxylic acids is 1. The smallest absolute Gasteiger partial charge is 0.233 e. The first-order valence-electron chi connectivity index (χ1n) is 6.12. The van der Waals surface area contributed by atoms with Crippen molar-refractivity contribution in [3.05, 3.63) is 11.5 Å². The summed E-state index contributed by atoms with van der Waals surface area (Å²) in [5, 5.41) is 6.18. The zero-order chi connectivity index (χ0) is 13.2. The fourth-order valence-electron chi connectivity index (χ4n) is 2.15. The van der Waals surface area contributed by atoms with Gasteiger partial charge in [0.05, 0.1) is 6.33 Å². The minimum Gasteiger partial charge on any atom is -0.341 e. The summed E-state index contributed by atoms with van der Waals surface area (Å²) in [4.78, 5) is 27.1. The molecule has 0 radical (unpaired) electrons. The van der Waals surface area contributed by atoms with Crippen molar-refractivity contribution in [2.75, 3.05) is 18.4 Å². The van der Waals surface area contributed by atoms with Crippen LogP contribution in [0.25, 0.3) is 11.2 Å². The molecular formula is C11H13ClN6O. The van der Waals surface area contributed by atoms with Gasteiger partial charge in [0, 0.05) is 5.92 Å². The van der Waals surface area contributed by atoms with Crippen LogP contribution in [-0.2, 0) is 4.79 Å². The average Bonchev–Trinajstić information content (AvgIpc) is 2.88. The highest BCUT2D eigenvalue weighted by Gasteiger charge is 2.22. The number of piperidine rings is 1. The predicted octanol–water partition coefficient (Wildman–Crippen LogP) is 0.944. The Kier molecular flexibility index (Phi) is 3.31. The van der Waals surface area contributed by atoms with Gasteiger partial charge in [-0.25, -0.2) is 4.98 Å². The second-order valence-electron chi connectivity index (χ2n) is 4.45. The first-order valence-corrected chi connectivity index (χ1v) is 6.50. The summed E-state index contributed by atoms with van der Waals surface area (Å²) in [7, 11) is 0. The van der Waals surface area contributed by atoms with Crippen molar-refractivity contribution in [2.24, 2.45) is 5.92 Å². The maximum atomic E-state index is 12.1. The van der Waals surface area contributed by atoms with Crippen molar-refractivity contribution in [1.82, 2.24) is 25.3 Å². The number of aromatic nitrogens is 4. The zero-order valence-electron chi connectivity index (χ0n) is 10.1. The predicted molar refractivity (Wildman–Crippen MR) is 70.9 cm³/mol. The summed E-state index contributed by atoms with van der Waals surface area (Å²) in [6, 6.07) is 0. The fourth-order valence-corrected chi connectivity index (χ4v) is 2.37. The molecule has 1 aliphatic heterocycles. The van der Waals surface area contributed by atoms with Crippen LogP contribution >= 0.6 is 11.6 Å². The van der Waals surface area contributed by atoms with E-state index in [0.29, 0.717) is 11.2 Å². The summed E-state index contributed by atoms with van der Waals surface area (Å²) in [5.41, 5.74) is 1.02. The van der Waals surface area contributed by atoms with E-state index in [4.69, 9.17) is 11.6 Å². The maximum absolute atomic E-state index is 12.1. The quantitative estimate of drug-likeness (QED) is 0.712. The SMILES string of the molecule is O=C(Nc1nc(Cl)c2[nH]cnc2n1)C1CCNCC1. The third-order valence-electron chi connectivity index (χ3n) is 3.19. The van der Waals surface area contributed by atoms with E-state index >= 15 is 0 Å². The molecule has 0 saturated carbocycles. The van der Waals surface area contributed by atoms with Gasteiger partial charge in [-0.05, 0) is 25.9 Å². The number of halogens is 1. The largest absolute Gasteiger partial charge is 0.341 e. The van der Waals surface area contributed by atoms with E-state index in [2.05, 4.69) is 30.6 Å². The van der Waals surface area contributed by atoms with Gasteiger partial charge in [-0.1, -0.05) is 11.6 Å². The summed E-state index contributed by atoms with van der Waals surface area (Å²) in [6.45, 7) is 1.72. The van der Waals surface area contributed by atoms with Crippen LogP contribution in [0, 0.1) is 5.92 Å². The highest BCUT2D eigenvalue weighted by atomic mass is 35.5. The van der Waals surface area contributed by atoms with Gasteiger partial charge in [0.15, 0.2) is 10.8 Å². The number of imidazole rings is 1. The molecule has 8 heteroatoms. The second kappa shape index (κ2) is 5.10. The summed E-state index contributed by atoms with van der Waals surface area (Å²) < 4.78 is 0. The second-order valence-corrected chi connectivity index (χ2v) is 4.81. The molecular weight excluding hydrogens is 268 g/mol. The molecule has 0 aromatic carbocycles. The molecule has 3 rings (SSSR count). The average molecular weight is 281 g/mol. The van der Waals surface area contributed by atoms with Crippen molar-refractivity contribution in [3.63, 3.8) is 0 Å². The third-order valence-corrected chi connectivity index (χ3v) is 3.46. The van der Waals surface area contributed by atoms with Gasteiger partial charge in [0.25, 0.3) is 0 Å². The van der Waals surface area contributed by atoms with Gasteiger partial charge in [0.1, 0.15) is 5.52 Å². The monoisotopic (exact) mass is 280 g/mol. The van der Waals surface area contributed by atoms with Crippen LogP contribution < -0.4 is 10.6 Å². The van der Waals surface area contributed by atoms with Crippen LogP contribution in [0.5, 0.6) is 0 Å². The number of amides is 1. The maximum Gasteiger partial charge on any atom is 0.233 e. The molecule has 1 amide bonds. The lowest BCUT2D eigenvalue weighted by atomic mass is 9.97. The molecule has 100 valence electrons. The normalized spacial score (nSPS) is 16.7.